The van der Waals surface area contributed by atoms with Gasteiger partial charge < -0.3 is 20.3 Å². The Morgan fingerprint density at radius 2 is 2.06 bits per heavy atom. The van der Waals surface area contributed by atoms with E-state index in [1.807, 2.05) is 0 Å². The Hall–Kier alpha value is -1.76. The van der Waals surface area contributed by atoms with Crippen molar-refractivity contribution in [3.8, 4) is 11.5 Å². The standard InChI is InChI=1S/C11H12BrNO5/c1-5(10(13)15)18-11(16)6-3-7(12)9(14)8(4-6)17-2/h3-5,14H,1-2H3,(H2,13,15)/t5-/m1/s1. The molecule has 1 aromatic carbocycles. The summed E-state index contributed by atoms with van der Waals surface area (Å²) >= 11 is 3.07. The molecule has 0 aliphatic carbocycles. The third kappa shape index (κ3) is 3.13. The van der Waals surface area contributed by atoms with Gasteiger partial charge in [-0.25, -0.2) is 4.79 Å². The van der Waals surface area contributed by atoms with Crippen LogP contribution in [0.3, 0.4) is 0 Å². The summed E-state index contributed by atoms with van der Waals surface area (Å²) in [5, 5.41) is 9.58. The molecule has 98 valence electrons. The number of primary amides is 1. The average Bonchev–Trinajstić information content (AvgIpc) is 2.32. The van der Waals surface area contributed by atoms with Gasteiger partial charge in [-0.1, -0.05) is 0 Å². The second-order valence-electron chi connectivity index (χ2n) is 3.46. The number of aromatic hydroxyl groups is 1. The summed E-state index contributed by atoms with van der Waals surface area (Å²) in [6.07, 6.45) is -1.03. The number of nitrogens with two attached hydrogens (primary N) is 1. The molecular formula is C11H12BrNO5. The number of rotatable bonds is 4. The van der Waals surface area contributed by atoms with Gasteiger partial charge in [-0.15, -0.1) is 0 Å². The summed E-state index contributed by atoms with van der Waals surface area (Å²) < 4.78 is 9.99. The van der Waals surface area contributed by atoms with E-state index in [0.717, 1.165) is 0 Å². The minimum absolute atomic E-state index is 0.114. The first-order chi connectivity index (χ1) is 8.36. The lowest BCUT2D eigenvalue weighted by Gasteiger charge is -2.11. The maximum Gasteiger partial charge on any atom is 0.339 e. The first kappa shape index (κ1) is 14.3. The Morgan fingerprint density at radius 3 is 2.56 bits per heavy atom. The zero-order chi connectivity index (χ0) is 13.9. The molecule has 0 heterocycles. The van der Waals surface area contributed by atoms with Crippen LogP contribution in [0, 0.1) is 0 Å². The molecule has 1 rings (SSSR count). The summed E-state index contributed by atoms with van der Waals surface area (Å²) in [6.45, 7) is 1.37. The smallest absolute Gasteiger partial charge is 0.339 e. The van der Waals surface area contributed by atoms with Gasteiger partial charge in [0.1, 0.15) is 0 Å². The third-order valence-corrected chi connectivity index (χ3v) is 2.77. The van der Waals surface area contributed by atoms with E-state index in [2.05, 4.69) is 15.9 Å². The SMILES string of the molecule is COc1cc(C(=O)O[C@H](C)C(N)=O)cc(Br)c1O. The predicted octanol–water partition coefficient (Wildman–Crippen LogP) is 1.19. The normalized spacial score (nSPS) is 11.7. The second kappa shape index (κ2) is 5.72. The Labute approximate surface area is 112 Å². The topological polar surface area (TPSA) is 98.9 Å². The number of ether oxygens (including phenoxy) is 2. The number of phenols is 1. The number of amides is 1. The van der Waals surface area contributed by atoms with Gasteiger partial charge in [0.15, 0.2) is 17.6 Å². The monoisotopic (exact) mass is 317 g/mol. The second-order valence-corrected chi connectivity index (χ2v) is 4.31. The fraction of sp³-hybridized carbons (Fsp3) is 0.273. The van der Waals surface area contributed by atoms with Crippen LogP contribution < -0.4 is 10.5 Å². The van der Waals surface area contributed by atoms with Crippen LogP contribution in [0.1, 0.15) is 17.3 Å². The van der Waals surface area contributed by atoms with Crippen LogP contribution in [-0.2, 0) is 9.53 Å². The molecular weight excluding hydrogens is 306 g/mol. The van der Waals surface area contributed by atoms with Crippen LogP contribution in [0.25, 0.3) is 0 Å². The summed E-state index contributed by atoms with van der Waals surface area (Å²) in [6, 6.07) is 2.66. The van der Waals surface area contributed by atoms with Gasteiger partial charge in [-0.3, -0.25) is 4.79 Å². The predicted molar refractivity (Wildman–Crippen MR) is 66.4 cm³/mol. The minimum Gasteiger partial charge on any atom is -0.503 e. The van der Waals surface area contributed by atoms with E-state index in [9.17, 15) is 14.7 Å². The molecule has 0 radical (unpaired) electrons. The summed E-state index contributed by atoms with van der Waals surface area (Å²) in [5.41, 5.74) is 5.11. The van der Waals surface area contributed by atoms with E-state index >= 15 is 0 Å². The highest BCUT2D eigenvalue weighted by atomic mass is 79.9. The van der Waals surface area contributed by atoms with Crippen LogP contribution in [0.2, 0.25) is 0 Å². The number of benzene rings is 1. The van der Waals surface area contributed by atoms with E-state index in [0.29, 0.717) is 0 Å². The van der Waals surface area contributed by atoms with Gasteiger partial charge in [0, 0.05) is 0 Å². The number of hydrogen-bond donors (Lipinski definition) is 2. The van der Waals surface area contributed by atoms with Gasteiger partial charge in [0.05, 0.1) is 17.1 Å². The molecule has 0 aromatic heterocycles. The van der Waals surface area contributed by atoms with Gasteiger partial charge in [-0.2, -0.15) is 0 Å². The molecule has 1 aromatic rings. The number of carbonyl (C=O) groups excluding carboxylic acids is 2. The highest BCUT2D eigenvalue weighted by Gasteiger charge is 2.19. The van der Waals surface area contributed by atoms with Crippen LogP contribution in [0.5, 0.6) is 11.5 Å². The van der Waals surface area contributed by atoms with Crippen molar-refractivity contribution in [1.82, 2.24) is 0 Å². The van der Waals surface area contributed by atoms with Crippen molar-refractivity contribution in [3.05, 3.63) is 22.2 Å². The van der Waals surface area contributed by atoms with Crippen LogP contribution in [0.4, 0.5) is 0 Å². The molecule has 6 nitrogen and oxygen atoms in total. The van der Waals surface area contributed by atoms with E-state index < -0.39 is 18.0 Å². The largest absolute Gasteiger partial charge is 0.503 e. The number of hydrogen-bond acceptors (Lipinski definition) is 5. The first-order valence-electron chi connectivity index (χ1n) is 4.93. The zero-order valence-electron chi connectivity index (χ0n) is 9.77. The quantitative estimate of drug-likeness (QED) is 0.813. The number of esters is 1. The Bertz CT molecular complexity index is 489. The fourth-order valence-electron chi connectivity index (χ4n) is 1.13. The molecule has 0 bridgehead atoms. The molecule has 3 N–H and O–H groups in total. The van der Waals surface area contributed by atoms with Crippen LogP contribution >= 0.6 is 15.9 Å². The molecule has 0 saturated heterocycles. The van der Waals surface area contributed by atoms with Gasteiger partial charge in [0.2, 0.25) is 0 Å². The highest BCUT2D eigenvalue weighted by Crippen LogP contribution is 2.35. The lowest BCUT2D eigenvalue weighted by molar-refractivity contribution is -0.125. The van der Waals surface area contributed by atoms with Crippen molar-refractivity contribution < 1.29 is 24.2 Å². The molecule has 0 saturated carbocycles. The van der Waals surface area contributed by atoms with Gasteiger partial charge in [-0.05, 0) is 35.0 Å². The molecule has 0 fully saturated rings. The number of halogens is 1. The molecule has 0 aliphatic heterocycles. The Kier molecular flexibility index (Phi) is 4.55. The van der Waals surface area contributed by atoms with E-state index in [1.165, 1.54) is 26.2 Å². The zero-order valence-corrected chi connectivity index (χ0v) is 11.4. The van der Waals surface area contributed by atoms with Crippen molar-refractivity contribution in [2.75, 3.05) is 7.11 Å². The van der Waals surface area contributed by atoms with Crippen molar-refractivity contribution in [2.24, 2.45) is 5.73 Å². The molecule has 7 heteroatoms. The van der Waals surface area contributed by atoms with Crippen molar-refractivity contribution in [2.45, 2.75) is 13.0 Å². The first-order valence-corrected chi connectivity index (χ1v) is 5.73. The van der Waals surface area contributed by atoms with E-state index in [-0.39, 0.29) is 21.5 Å². The number of methoxy groups -OCH3 is 1. The number of carbonyl (C=O) groups is 2. The lowest BCUT2D eigenvalue weighted by Crippen LogP contribution is -2.30. The number of phenolic OH excluding ortho intramolecular Hbond substituents is 1. The third-order valence-electron chi connectivity index (χ3n) is 2.17. The minimum atomic E-state index is -1.03. The van der Waals surface area contributed by atoms with Crippen molar-refractivity contribution in [1.29, 1.82) is 0 Å². The summed E-state index contributed by atoms with van der Waals surface area (Å²) in [4.78, 5) is 22.5. The average molecular weight is 318 g/mol. The maximum atomic E-state index is 11.7. The van der Waals surface area contributed by atoms with Crippen LogP contribution in [0.15, 0.2) is 16.6 Å². The highest BCUT2D eigenvalue weighted by molar-refractivity contribution is 9.10. The van der Waals surface area contributed by atoms with Crippen LogP contribution in [-0.4, -0.2) is 30.2 Å². The molecule has 1 amide bonds. The molecule has 18 heavy (non-hydrogen) atoms. The molecule has 0 aliphatic rings. The Morgan fingerprint density at radius 1 is 1.44 bits per heavy atom. The van der Waals surface area contributed by atoms with Crippen molar-refractivity contribution >= 4 is 27.8 Å². The van der Waals surface area contributed by atoms with Gasteiger partial charge >= 0.3 is 5.97 Å². The summed E-state index contributed by atoms with van der Waals surface area (Å²) in [7, 11) is 1.35. The lowest BCUT2D eigenvalue weighted by atomic mass is 10.2. The van der Waals surface area contributed by atoms with Crippen molar-refractivity contribution in [3.63, 3.8) is 0 Å². The Balaban J connectivity index is 3.00. The summed E-state index contributed by atoms with van der Waals surface area (Å²) in [5.74, 6) is -1.49. The maximum absolute atomic E-state index is 11.7. The molecule has 1 atom stereocenters. The van der Waals surface area contributed by atoms with E-state index in [1.54, 1.807) is 0 Å². The molecule has 0 unspecified atom stereocenters. The van der Waals surface area contributed by atoms with Gasteiger partial charge in [0.25, 0.3) is 5.91 Å². The fourth-order valence-corrected chi connectivity index (χ4v) is 1.58. The van der Waals surface area contributed by atoms with E-state index in [4.69, 9.17) is 15.2 Å². The molecule has 0 spiro atoms.